The predicted molar refractivity (Wildman–Crippen MR) is 101 cm³/mol. The van der Waals surface area contributed by atoms with Gasteiger partial charge in [0, 0.05) is 11.4 Å². The Hall–Kier alpha value is -3.40. The maximum atomic E-state index is 13.8. The summed E-state index contributed by atoms with van der Waals surface area (Å²) in [5.74, 6) is -0.882. The van der Waals surface area contributed by atoms with Crippen molar-refractivity contribution in [1.82, 2.24) is 10.2 Å². The number of ether oxygens (including phenoxy) is 1. The number of H-pyrrole nitrogens is 1. The fraction of sp³-hybridized carbons (Fsp3) is 0.111. The molecule has 1 aromatic heterocycles. The molecule has 1 amide bonds. The number of carbonyl (C=O) groups excluding carboxylic acids is 1. The van der Waals surface area contributed by atoms with Gasteiger partial charge in [-0.3, -0.25) is 14.6 Å². The normalized spacial score (nSPS) is 11.1. The van der Waals surface area contributed by atoms with Crippen molar-refractivity contribution < 1.29 is 22.3 Å². The predicted octanol–water partition coefficient (Wildman–Crippen LogP) is 2.92. The van der Waals surface area contributed by atoms with Gasteiger partial charge < -0.3 is 10.1 Å². The van der Waals surface area contributed by atoms with Gasteiger partial charge in [-0.25, -0.2) is 4.39 Å². The van der Waals surface area contributed by atoms with E-state index in [0.717, 1.165) is 0 Å². The van der Waals surface area contributed by atoms with Crippen LogP contribution in [-0.4, -0.2) is 31.6 Å². The Bertz CT molecular complexity index is 1110. The SMILES string of the molecule is COc1ccc(NS(=O)(=O)c2n[nH]c(C)c2C(=O)Nc2ccccc2F)cc1. The number of nitrogens with zero attached hydrogens (tertiary/aromatic N) is 1. The first-order chi connectivity index (χ1) is 13.3. The molecule has 1 heterocycles. The van der Waals surface area contributed by atoms with E-state index in [1.54, 1.807) is 18.2 Å². The van der Waals surface area contributed by atoms with Gasteiger partial charge in [-0.2, -0.15) is 13.5 Å². The van der Waals surface area contributed by atoms with Gasteiger partial charge in [-0.1, -0.05) is 12.1 Å². The molecule has 3 aromatic rings. The van der Waals surface area contributed by atoms with Crippen LogP contribution >= 0.6 is 0 Å². The number of hydrogen-bond donors (Lipinski definition) is 3. The van der Waals surface area contributed by atoms with Crippen LogP contribution in [0.1, 0.15) is 16.1 Å². The van der Waals surface area contributed by atoms with E-state index in [1.807, 2.05) is 0 Å². The molecule has 0 aliphatic carbocycles. The third-order valence-electron chi connectivity index (χ3n) is 3.86. The van der Waals surface area contributed by atoms with Gasteiger partial charge in [-0.05, 0) is 43.3 Å². The first-order valence-electron chi connectivity index (χ1n) is 8.09. The molecule has 0 saturated carbocycles. The molecule has 0 aliphatic rings. The lowest BCUT2D eigenvalue weighted by Gasteiger charge is -2.10. The fourth-order valence-electron chi connectivity index (χ4n) is 2.48. The van der Waals surface area contributed by atoms with Crippen molar-refractivity contribution in [3.8, 4) is 5.75 Å². The number of aryl methyl sites for hydroxylation is 1. The second-order valence-electron chi connectivity index (χ2n) is 5.80. The average Bonchev–Trinajstić information content (AvgIpc) is 3.06. The molecule has 28 heavy (non-hydrogen) atoms. The smallest absolute Gasteiger partial charge is 0.282 e. The highest BCUT2D eigenvalue weighted by molar-refractivity contribution is 7.92. The van der Waals surface area contributed by atoms with Crippen molar-refractivity contribution in [3.63, 3.8) is 0 Å². The van der Waals surface area contributed by atoms with Crippen molar-refractivity contribution in [2.24, 2.45) is 0 Å². The second-order valence-corrected chi connectivity index (χ2v) is 7.39. The van der Waals surface area contributed by atoms with Gasteiger partial charge in [0.25, 0.3) is 15.9 Å². The minimum absolute atomic E-state index is 0.0699. The van der Waals surface area contributed by atoms with Crippen LogP contribution in [0.15, 0.2) is 53.6 Å². The number of carbonyl (C=O) groups is 1. The molecule has 0 radical (unpaired) electrons. The number of anilines is 2. The molecule has 0 fully saturated rings. The highest BCUT2D eigenvalue weighted by atomic mass is 32.2. The van der Waals surface area contributed by atoms with E-state index in [2.05, 4.69) is 20.2 Å². The summed E-state index contributed by atoms with van der Waals surface area (Å²) in [7, 11) is -2.69. The van der Waals surface area contributed by atoms with Gasteiger partial charge in [-0.15, -0.1) is 0 Å². The highest BCUT2D eigenvalue weighted by Gasteiger charge is 2.28. The van der Waals surface area contributed by atoms with E-state index >= 15 is 0 Å². The van der Waals surface area contributed by atoms with Gasteiger partial charge in [0.05, 0.1) is 12.8 Å². The molecule has 0 spiro atoms. The van der Waals surface area contributed by atoms with Crippen LogP contribution in [0.25, 0.3) is 0 Å². The highest BCUT2D eigenvalue weighted by Crippen LogP contribution is 2.23. The van der Waals surface area contributed by atoms with Gasteiger partial charge in [0.1, 0.15) is 17.1 Å². The third kappa shape index (κ3) is 3.96. The summed E-state index contributed by atoms with van der Waals surface area (Å²) >= 11 is 0. The van der Waals surface area contributed by atoms with E-state index < -0.39 is 26.8 Å². The van der Waals surface area contributed by atoms with Crippen molar-refractivity contribution in [3.05, 3.63) is 65.6 Å². The zero-order valence-electron chi connectivity index (χ0n) is 15.0. The summed E-state index contributed by atoms with van der Waals surface area (Å²) in [6.45, 7) is 1.50. The Morgan fingerprint density at radius 1 is 1.14 bits per heavy atom. The molecule has 3 rings (SSSR count). The molecular weight excluding hydrogens is 387 g/mol. The molecule has 0 bridgehead atoms. The fourth-order valence-corrected chi connectivity index (χ4v) is 3.70. The van der Waals surface area contributed by atoms with Gasteiger partial charge >= 0.3 is 0 Å². The number of benzene rings is 2. The van der Waals surface area contributed by atoms with Crippen molar-refractivity contribution in [1.29, 1.82) is 0 Å². The number of halogens is 1. The number of aromatic nitrogens is 2. The summed E-state index contributed by atoms with van der Waals surface area (Å²) in [6, 6.07) is 11.8. The lowest BCUT2D eigenvalue weighted by atomic mass is 10.2. The summed E-state index contributed by atoms with van der Waals surface area (Å²) < 4.78 is 46.6. The molecule has 0 atom stereocenters. The minimum Gasteiger partial charge on any atom is -0.497 e. The summed E-state index contributed by atoms with van der Waals surface area (Å²) in [4.78, 5) is 12.6. The van der Waals surface area contributed by atoms with E-state index in [-0.39, 0.29) is 22.6 Å². The third-order valence-corrected chi connectivity index (χ3v) is 5.17. The monoisotopic (exact) mass is 404 g/mol. The molecule has 10 heteroatoms. The molecule has 8 nitrogen and oxygen atoms in total. The Morgan fingerprint density at radius 3 is 2.46 bits per heavy atom. The lowest BCUT2D eigenvalue weighted by molar-refractivity contribution is 0.102. The molecule has 2 aromatic carbocycles. The second kappa shape index (κ2) is 7.69. The number of para-hydroxylation sites is 1. The lowest BCUT2D eigenvalue weighted by Crippen LogP contribution is -2.20. The van der Waals surface area contributed by atoms with Crippen LogP contribution in [0.3, 0.4) is 0 Å². The Morgan fingerprint density at radius 2 is 1.82 bits per heavy atom. The number of nitrogens with one attached hydrogen (secondary N) is 3. The van der Waals surface area contributed by atoms with Gasteiger partial charge in [0.2, 0.25) is 5.03 Å². The van der Waals surface area contributed by atoms with Gasteiger partial charge in [0.15, 0.2) is 0 Å². The number of hydrogen-bond acceptors (Lipinski definition) is 5. The summed E-state index contributed by atoms with van der Waals surface area (Å²) in [5, 5.41) is 8.10. The maximum absolute atomic E-state index is 13.8. The number of amides is 1. The minimum atomic E-state index is -4.18. The number of rotatable bonds is 6. The number of methoxy groups -OCH3 is 1. The van der Waals surface area contributed by atoms with Crippen molar-refractivity contribution >= 4 is 27.3 Å². The topological polar surface area (TPSA) is 113 Å². The van der Waals surface area contributed by atoms with E-state index in [0.29, 0.717) is 5.75 Å². The zero-order chi connectivity index (χ0) is 20.3. The Kier molecular flexibility index (Phi) is 5.32. The van der Waals surface area contributed by atoms with Crippen LogP contribution in [0, 0.1) is 12.7 Å². The van der Waals surface area contributed by atoms with Crippen LogP contribution in [0.5, 0.6) is 5.75 Å². The van der Waals surface area contributed by atoms with Crippen LogP contribution in [-0.2, 0) is 10.0 Å². The summed E-state index contributed by atoms with van der Waals surface area (Å²) in [6.07, 6.45) is 0. The maximum Gasteiger partial charge on any atom is 0.282 e. The zero-order valence-corrected chi connectivity index (χ0v) is 15.8. The average molecular weight is 404 g/mol. The molecular formula is C18H17FN4O4S. The number of aromatic amines is 1. The van der Waals surface area contributed by atoms with E-state index in [1.165, 1.54) is 44.4 Å². The molecule has 146 valence electrons. The largest absolute Gasteiger partial charge is 0.497 e. The quantitative estimate of drug-likeness (QED) is 0.585. The van der Waals surface area contributed by atoms with Crippen LogP contribution in [0.4, 0.5) is 15.8 Å². The first-order valence-corrected chi connectivity index (χ1v) is 9.58. The van der Waals surface area contributed by atoms with Crippen LogP contribution in [0.2, 0.25) is 0 Å². The van der Waals surface area contributed by atoms with Crippen LogP contribution < -0.4 is 14.8 Å². The van der Waals surface area contributed by atoms with Crippen molar-refractivity contribution in [2.75, 3.05) is 17.1 Å². The van der Waals surface area contributed by atoms with E-state index in [9.17, 15) is 17.6 Å². The Labute approximate surface area is 160 Å². The standard InChI is InChI=1S/C18H17FN4O4S/c1-11-16(17(24)20-15-6-4-3-5-14(15)19)18(22-21-11)28(25,26)23-12-7-9-13(27-2)10-8-12/h3-10,23H,1-2H3,(H,20,24)(H,21,22). The Balaban J connectivity index is 1.90. The number of sulfonamides is 1. The molecule has 0 aliphatic heterocycles. The molecule has 3 N–H and O–H groups in total. The van der Waals surface area contributed by atoms with E-state index in [4.69, 9.17) is 4.74 Å². The van der Waals surface area contributed by atoms with Crippen molar-refractivity contribution in [2.45, 2.75) is 11.9 Å². The summed E-state index contributed by atoms with van der Waals surface area (Å²) in [5.41, 5.74) is 0.217. The first kappa shape index (κ1) is 19.4. The molecule has 0 saturated heterocycles. The molecule has 0 unspecified atom stereocenters.